The van der Waals surface area contributed by atoms with Crippen LogP contribution in [0, 0.1) is 0 Å². The number of carbonyl (C=O) groups excluding carboxylic acids is 1. The zero-order chi connectivity index (χ0) is 5.56. The molecule has 0 unspecified atom stereocenters. The standard InChI is InChI=1S/C5H3NO2/c7-3-4-1-5-6(2-4)8-5/h1H,2H2. The molecule has 40 valence electrons. The number of hydrogen-bond acceptors (Lipinski definition) is 3. The molecule has 0 aromatic rings. The summed E-state index contributed by atoms with van der Waals surface area (Å²) in [5.41, 5.74) is 0.672. The summed E-state index contributed by atoms with van der Waals surface area (Å²) in [6, 6.07) is 0. The van der Waals surface area contributed by atoms with Crippen molar-refractivity contribution >= 4 is 5.94 Å². The summed E-state index contributed by atoms with van der Waals surface area (Å²) in [7, 11) is 0. The van der Waals surface area contributed by atoms with Gasteiger partial charge in [-0.25, -0.2) is 4.79 Å². The Kier molecular flexibility index (Phi) is 0.448. The van der Waals surface area contributed by atoms with Crippen LogP contribution in [0.1, 0.15) is 0 Å². The van der Waals surface area contributed by atoms with Crippen LogP contribution in [0.5, 0.6) is 0 Å². The largest absolute Gasteiger partial charge is 0.355 e. The molecule has 0 radical (unpaired) electrons. The average molecular weight is 109 g/mol. The average Bonchev–Trinajstić information content (AvgIpc) is 2.40. The second-order valence-corrected chi connectivity index (χ2v) is 1.74. The van der Waals surface area contributed by atoms with E-state index in [0.29, 0.717) is 12.1 Å². The third-order valence-electron chi connectivity index (χ3n) is 1.16. The van der Waals surface area contributed by atoms with Crippen LogP contribution < -0.4 is 0 Å². The van der Waals surface area contributed by atoms with Crippen molar-refractivity contribution in [1.29, 1.82) is 0 Å². The lowest BCUT2D eigenvalue weighted by Crippen LogP contribution is -1.94. The first-order valence-electron chi connectivity index (χ1n) is 2.31. The lowest BCUT2D eigenvalue weighted by atomic mass is 10.3. The Morgan fingerprint density at radius 1 is 1.88 bits per heavy atom. The molecule has 0 bridgehead atoms. The van der Waals surface area contributed by atoms with Crippen molar-refractivity contribution in [2.45, 2.75) is 0 Å². The highest BCUT2D eigenvalue weighted by Crippen LogP contribution is 2.32. The van der Waals surface area contributed by atoms with Crippen molar-refractivity contribution in [3.63, 3.8) is 0 Å². The number of rotatable bonds is 0. The molecule has 2 aliphatic rings. The third-order valence-corrected chi connectivity index (χ3v) is 1.16. The number of hydroxylamine groups is 2. The Hall–Kier alpha value is -1.21. The van der Waals surface area contributed by atoms with Gasteiger partial charge in [0.15, 0.2) is 0 Å². The van der Waals surface area contributed by atoms with Crippen LogP contribution in [0.2, 0.25) is 0 Å². The van der Waals surface area contributed by atoms with Crippen molar-refractivity contribution in [2.24, 2.45) is 0 Å². The van der Waals surface area contributed by atoms with Gasteiger partial charge < -0.3 is 4.84 Å². The monoisotopic (exact) mass is 109 g/mol. The number of nitrogens with zero attached hydrogens (tertiary/aromatic N) is 1. The van der Waals surface area contributed by atoms with Gasteiger partial charge in [0.05, 0.1) is 12.1 Å². The Morgan fingerprint density at radius 2 is 2.75 bits per heavy atom. The first-order valence-corrected chi connectivity index (χ1v) is 2.31. The molecule has 0 aliphatic carbocycles. The van der Waals surface area contributed by atoms with Gasteiger partial charge in [0, 0.05) is 6.08 Å². The van der Waals surface area contributed by atoms with E-state index in [2.05, 4.69) is 0 Å². The van der Waals surface area contributed by atoms with Crippen LogP contribution in [0.25, 0.3) is 0 Å². The molecule has 1 fully saturated rings. The molecule has 2 rings (SSSR count). The lowest BCUT2D eigenvalue weighted by molar-refractivity contribution is 0.216. The molecular weight excluding hydrogens is 106 g/mol. The fourth-order valence-corrected chi connectivity index (χ4v) is 0.712. The molecule has 1 saturated heterocycles. The van der Waals surface area contributed by atoms with Crippen LogP contribution in [0.4, 0.5) is 0 Å². The molecule has 2 heterocycles. The predicted molar refractivity (Wildman–Crippen MR) is 25.1 cm³/mol. The number of hydrogen-bond donors (Lipinski definition) is 0. The molecule has 3 heteroatoms. The summed E-state index contributed by atoms with van der Waals surface area (Å²) in [5.74, 6) is 2.59. The van der Waals surface area contributed by atoms with E-state index in [-0.39, 0.29) is 0 Å². The SMILES string of the molecule is O=C=C1C=C2ON2C1. The fraction of sp³-hybridized carbons (Fsp3) is 0.200. The van der Waals surface area contributed by atoms with Gasteiger partial charge in [0.25, 0.3) is 5.88 Å². The molecule has 0 amide bonds. The van der Waals surface area contributed by atoms with Gasteiger partial charge >= 0.3 is 0 Å². The second kappa shape index (κ2) is 0.956. The van der Waals surface area contributed by atoms with E-state index < -0.39 is 0 Å². The lowest BCUT2D eigenvalue weighted by Gasteiger charge is -1.84. The highest BCUT2D eigenvalue weighted by atomic mass is 16.8. The fourth-order valence-electron chi connectivity index (χ4n) is 0.712. The minimum atomic E-state index is 0.582. The van der Waals surface area contributed by atoms with Gasteiger partial charge in [-0.2, -0.15) is 5.06 Å². The molecule has 8 heavy (non-hydrogen) atoms. The Bertz CT molecular complexity index is 212. The van der Waals surface area contributed by atoms with Crippen LogP contribution in [0.3, 0.4) is 0 Å². The Morgan fingerprint density at radius 3 is 3.12 bits per heavy atom. The second-order valence-electron chi connectivity index (χ2n) is 1.74. The van der Waals surface area contributed by atoms with Gasteiger partial charge in [0.2, 0.25) is 0 Å². The van der Waals surface area contributed by atoms with Crippen LogP contribution in [-0.2, 0) is 9.63 Å². The highest BCUT2D eigenvalue weighted by Gasteiger charge is 2.35. The predicted octanol–water partition coefficient (Wildman–Crippen LogP) is -0.153. The van der Waals surface area contributed by atoms with E-state index in [4.69, 9.17) is 4.84 Å². The van der Waals surface area contributed by atoms with Gasteiger partial charge in [-0.1, -0.05) is 0 Å². The maximum absolute atomic E-state index is 9.88. The Labute approximate surface area is 45.8 Å². The summed E-state index contributed by atoms with van der Waals surface area (Å²) in [5, 5.41) is 1.64. The van der Waals surface area contributed by atoms with Crippen molar-refractivity contribution in [3.05, 3.63) is 17.5 Å². The van der Waals surface area contributed by atoms with E-state index >= 15 is 0 Å². The maximum Gasteiger partial charge on any atom is 0.257 e. The van der Waals surface area contributed by atoms with Crippen molar-refractivity contribution in [2.75, 3.05) is 6.54 Å². The van der Waals surface area contributed by atoms with Crippen molar-refractivity contribution in [3.8, 4) is 0 Å². The maximum atomic E-state index is 9.88. The first-order chi connectivity index (χ1) is 3.90. The summed E-state index contributed by atoms with van der Waals surface area (Å²) < 4.78 is 0. The summed E-state index contributed by atoms with van der Waals surface area (Å²) in [4.78, 5) is 14.7. The molecule has 0 aromatic heterocycles. The molecule has 0 atom stereocenters. The minimum absolute atomic E-state index is 0.582. The summed E-state index contributed by atoms with van der Waals surface area (Å²) in [6.45, 7) is 0.582. The van der Waals surface area contributed by atoms with Crippen LogP contribution >= 0.6 is 0 Å². The smallest absolute Gasteiger partial charge is 0.257 e. The molecule has 2 aliphatic heterocycles. The molecule has 0 N–H and O–H groups in total. The quantitative estimate of drug-likeness (QED) is 0.320. The topological polar surface area (TPSA) is 32.6 Å². The van der Waals surface area contributed by atoms with Gasteiger partial charge in [-0.05, 0) is 0 Å². The first kappa shape index (κ1) is 3.75. The van der Waals surface area contributed by atoms with Crippen LogP contribution in [-0.4, -0.2) is 17.5 Å². The van der Waals surface area contributed by atoms with Gasteiger partial charge in [-0.3, -0.25) is 0 Å². The van der Waals surface area contributed by atoms with Crippen molar-refractivity contribution < 1.29 is 9.63 Å². The third kappa shape index (κ3) is 0.315. The zero-order valence-corrected chi connectivity index (χ0v) is 4.05. The van der Waals surface area contributed by atoms with E-state index in [0.717, 1.165) is 5.88 Å². The van der Waals surface area contributed by atoms with Crippen LogP contribution in [0.15, 0.2) is 17.5 Å². The molecule has 0 spiro atoms. The van der Waals surface area contributed by atoms with E-state index in [9.17, 15) is 4.79 Å². The van der Waals surface area contributed by atoms with Crippen molar-refractivity contribution in [1.82, 2.24) is 5.06 Å². The Balaban J connectivity index is 2.40. The molecule has 0 saturated carbocycles. The van der Waals surface area contributed by atoms with E-state index in [1.165, 1.54) is 0 Å². The zero-order valence-electron chi connectivity index (χ0n) is 4.05. The molecular formula is C5H3NO2. The van der Waals surface area contributed by atoms with Gasteiger partial charge in [0.1, 0.15) is 5.94 Å². The van der Waals surface area contributed by atoms with Gasteiger partial charge in [-0.15, -0.1) is 0 Å². The molecule has 3 nitrogen and oxygen atoms in total. The minimum Gasteiger partial charge on any atom is -0.355 e. The highest BCUT2D eigenvalue weighted by molar-refractivity contribution is 5.60. The number of fused-ring (bicyclic) bond motifs is 1. The normalized spacial score (nSPS) is 21.2. The van der Waals surface area contributed by atoms with E-state index in [1.54, 1.807) is 17.1 Å². The summed E-state index contributed by atoms with van der Waals surface area (Å²) in [6.07, 6.45) is 1.69. The summed E-state index contributed by atoms with van der Waals surface area (Å²) >= 11 is 0. The molecule has 0 aromatic carbocycles. The van der Waals surface area contributed by atoms with E-state index in [1.807, 2.05) is 0 Å².